The maximum atomic E-state index is 13.1. The normalized spacial score (nSPS) is 14.3. The van der Waals surface area contributed by atoms with Gasteiger partial charge in [-0.1, -0.05) is 363 Å². The second kappa shape index (κ2) is 70.4. The quantitative estimate of drug-likeness (QED) is 0.0222. The van der Waals surface area contributed by atoms with E-state index in [1.807, 2.05) is 0 Å². The van der Waals surface area contributed by atoms with Gasteiger partial charge < -0.3 is 33.8 Å². The lowest BCUT2D eigenvalue weighted by molar-refractivity contribution is -0.161. The van der Waals surface area contributed by atoms with Crippen LogP contribution in [0.15, 0.2) is 0 Å². The highest BCUT2D eigenvalue weighted by Gasteiger charge is 2.30. The van der Waals surface area contributed by atoms with Gasteiger partial charge in [0.1, 0.15) is 19.3 Å². The van der Waals surface area contributed by atoms with E-state index in [1.54, 1.807) is 0 Å². The number of carbonyl (C=O) groups is 4. The van der Waals surface area contributed by atoms with E-state index in [9.17, 15) is 43.2 Å². The van der Waals surface area contributed by atoms with Crippen molar-refractivity contribution in [3.63, 3.8) is 0 Å². The van der Waals surface area contributed by atoms with Crippen LogP contribution in [0.5, 0.6) is 0 Å². The molecule has 0 aliphatic heterocycles. The summed E-state index contributed by atoms with van der Waals surface area (Å²) in [7, 11) is -9.92. The molecular weight excluding hydrogens is 1290 g/mol. The van der Waals surface area contributed by atoms with Crippen molar-refractivity contribution >= 4 is 39.5 Å². The van der Waals surface area contributed by atoms with Crippen molar-refractivity contribution in [1.82, 2.24) is 0 Å². The number of phosphoric ester groups is 2. The first-order valence-corrected chi connectivity index (χ1v) is 44.4. The Morgan fingerprint density at radius 1 is 0.293 bits per heavy atom. The van der Waals surface area contributed by atoms with Crippen LogP contribution < -0.4 is 0 Å². The minimum absolute atomic E-state index is 0.105. The molecule has 0 amide bonds. The average molecular weight is 1450 g/mol. The molecule has 0 heterocycles. The maximum Gasteiger partial charge on any atom is 0.472 e. The summed E-state index contributed by atoms with van der Waals surface area (Å²) in [6.07, 6.45) is 58.2. The summed E-state index contributed by atoms with van der Waals surface area (Å²) in [5, 5.41) is 10.6. The minimum atomic E-state index is -4.96. The Morgan fingerprint density at radius 2 is 0.515 bits per heavy atom. The number of hydrogen-bond donors (Lipinski definition) is 3. The molecule has 17 nitrogen and oxygen atoms in total. The third-order valence-electron chi connectivity index (χ3n) is 19.0. The average Bonchev–Trinajstić information content (AvgIpc) is 1.02. The fourth-order valence-corrected chi connectivity index (χ4v) is 13.9. The van der Waals surface area contributed by atoms with E-state index in [2.05, 4.69) is 48.5 Å². The molecule has 0 spiro atoms. The molecule has 19 heteroatoms. The largest absolute Gasteiger partial charge is 0.472 e. The zero-order chi connectivity index (χ0) is 73.0. The smallest absolute Gasteiger partial charge is 0.462 e. The van der Waals surface area contributed by atoms with Gasteiger partial charge in [-0.2, -0.15) is 0 Å². The first-order valence-electron chi connectivity index (χ1n) is 41.4. The van der Waals surface area contributed by atoms with Crippen molar-refractivity contribution in [3.8, 4) is 0 Å². The van der Waals surface area contributed by atoms with Gasteiger partial charge >= 0.3 is 39.5 Å². The Bertz CT molecular complexity index is 1920. The van der Waals surface area contributed by atoms with Crippen molar-refractivity contribution in [2.75, 3.05) is 39.6 Å². The molecule has 0 aliphatic carbocycles. The number of esters is 4. The number of aliphatic hydroxyl groups is 1. The molecule has 0 fully saturated rings. The fourth-order valence-electron chi connectivity index (χ4n) is 12.3. The number of aliphatic hydroxyl groups excluding tert-OH is 1. The minimum Gasteiger partial charge on any atom is -0.462 e. The van der Waals surface area contributed by atoms with E-state index in [0.29, 0.717) is 25.7 Å². The van der Waals surface area contributed by atoms with Gasteiger partial charge in [0.25, 0.3) is 0 Å². The summed E-state index contributed by atoms with van der Waals surface area (Å²) in [4.78, 5) is 73.0. The van der Waals surface area contributed by atoms with Crippen LogP contribution in [0.25, 0.3) is 0 Å². The van der Waals surface area contributed by atoms with Crippen LogP contribution in [0, 0.1) is 17.8 Å². The van der Waals surface area contributed by atoms with Crippen molar-refractivity contribution in [2.45, 2.75) is 433 Å². The molecule has 0 saturated carbocycles. The highest BCUT2D eigenvalue weighted by molar-refractivity contribution is 7.47. The van der Waals surface area contributed by atoms with Crippen LogP contribution >= 0.6 is 15.6 Å². The van der Waals surface area contributed by atoms with Crippen LogP contribution in [0.2, 0.25) is 0 Å². The predicted molar refractivity (Wildman–Crippen MR) is 405 cm³/mol. The molecule has 0 aliphatic rings. The van der Waals surface area contributed by atoms with Crippen LogP contribution in [0.3, 0.4) is 0 Å². The molecule has 0 aromatic rings. The van der Waals surface area contributed by atoms with E-state index < -0.39 is 97.5 Å². The van der Waals surface area contributed by atoms with Crippen molar-refractivity contribution in [2.24, 2.45) is 17.8 Å². The van der Waals surface area contributed by atoms with Crippen LogP contribution in [0.1, 0.15) is 414 Å². The van der Waals surface area contributed by atoms with E-state index >= 15 is 0 Å². The molecule has 588 valence electrons. The van der Waals surface area contributed by atoms with Crippen molar-refractivity contribution in [1.29, 1.82) is 0 Å². The third kappa shape index (κ3) is 72.8. The first kappa shape index (κ1) is 97.1. The molecule has 6 atom stereocenters. The van der Waals surface area contributed by atoms with Gasteiger partial charge in [-0.15, -0.1) is 0 Å². The molecule has 99 heavy (non-hydrogen) atoms. The van der Waals surface area contributed by atoms with E-state index in [1.165, 1.54) is 225 Å². The monoisotopic (exact) mass is 1450 g/mol. The summed E-state index contributed by atoms with van der Waals surface area (Å²) in [5.41, 5.74) is 0. The zero-order valence-electron chi connectivity index (χ0n) is 65.0. The molecule has 0 aromatic heterocycles. The summed E-state index contributed by atoms with van der Waals surface area (Å²) >= 11 is 0. The summed E-state index contributed by atoms with van der Waals surface area (Å²) in [6, 6.07) is 0. The molecule has 0 aromatic carbocycles. The van der Waals surface area contributed by atoms with Gasteiger partial charge in [0, 0.05) is 25.7 Å². The summed E-state index contributed by atoms with van der Waals surface area (Å²) in [6.45, 7) is 11.9. The van der Waals surface area contributed by atoms with E-state index in [-0.39, 0.29) is 25.7 Å². The standard InChI is InChI=1S/C80H156O17P2/c1-8-10-11-12-13-14-15-16-17-18-21-24-27-32-40-47-54-61-77(82)90-67-75(96-79(84)63-56-49-42-33-28-25-22-19-20-23-26-30-37-44-51-58-71(3)4)69-94-98(86,87)92-65-74(81)66-93-99(88,89)95-70-76(97-80(85)64-57-50-43-34-29-31-38-45-52-59-72(5)6)68-91-78(83)62-55-48-41-36-35-39-46-53-60-73(7)9-2/h71-76,81H,8-70H2,1-7H3,(H,86,87)(H,88,89)/t73?,74-,75-,76-/m1/s1. The fraction of sp³-hybridized carbons (Fsp3) is 0.950. The summed E-state index contributed by atoms with van der Waals surface area (Å²) < 4.78 is 68.7. The number of ether oxygens (including phenoxy) is 4. The van der Waals surface area contributed by atoms with Crippen molar-refractivity contribution in [3.05, 3.63) is 0 Å². The lowest BCUT2D eigenvalue weighted by atomic mass is 9.99. The molecule has 0 bridgehead atoms. The number of unbranched alkanes of at least 4 members (excludes halogenated alkanes) is 45. The van der Waals surface area contributed by atoms with E-state index in [4.69, 9.17) is 37.0 Å². The van der Waals surface area contributed by atoms with E-state index in [0.717, 1.165) is 108 Å². The molecule has 3 unspecified atom stereocenters. The van der Waals surface area contributed by atoms with Gasteiger partial charge in [0.15, 0.2) is 12.2 Å². The Hall–Kier alpha value is -1.94. The van der Waals surface area contributed by atoms with Crippen molar-refractivity contribution < 1.29 is 80.2 Å². The number of phosphoric acid groups is 2. The second-order valence-electron chi connectivity index (χ2n) is 30.0. The predicted octanol–water partition coefficient (Wildman–Crippen LogP) is 23.7. The number of carbonyl (C=O) groups excluding carboxylic acids is 4. The van der Waals surface area contributed by atoms with Crippen LogP contribution in [-0.2, 0) is 65.4 Å². The zero-order valence-corrected chi connectivity index (χ0v) is 66.8. The Kier molecular flexibility index (Phi) is 69.0. The molecule has 0 radical (unpaired) electrons. The lowest BCUT2D eigenvalue weighted by Gasteiger charge is -2.21. The highest BCUT2D eigenvalue weighted by atomic mass is 31.2. The topological polar surface area (TPSA) is 237 Å². The van der Waals surface area contributed by atoms with Crippen LogP contribution in [-0.4, -0.2) is 96.7 Å². The summed E-state index contributed by atoms with van der Waals surface area (Å²) in [5.74, 6) is 0.204. The Labute approximate surface area is 607 Å². The molecule has 0 rings (SSSR count). The Morgan fingerprint density at radius 3 is 0.768 bits per heavy atom. The van der Waals surface area contributed by atoms with Gasteiger partial charge in [-0.05, 0) is 43.4 Å². The number of hydrogen-bond acceptors (Lipinski definition) is 15. The van der Waals surface area contributed by atoms with Gasteiger partial charge in [0.05, 0.1) is 26.4 Å². The third-order valence-corrected chi connectivity index (χ3v) is 20.9. The van der Waals surface area contributed by atoms with Crippen LogP contribution in [0.4, 0.5) is 0 Å². The molecule has 3 N–H and O–H groups in total. The first-order chi connectivity index (χ1) is 47.8. The number of rotatable bonds is 78. The second-order valence-corrected chi connectivity index (χ2v) is 32.9. The lowest BCUT2D eigenvalue weighted by Crippen LogP contribution is -2.30. The van der Waals surface area contributed by atoms with Gasteiger partial charge in [0.2, 0.25) is 0 Å². The Balaban J connectivity index is 5.26. The highest BCUT2D eigenvalue weighted by Crippen LogP contribution is 2.45. The SMILES string of the molecule is CCCCCCCCCCCCCCCCCCCC(=O)OC[C@H](COP(=O)(O)OC[C@@H](O)COP(=O)(O)OC[C@@H](COC(=O)CCCCCCCCCCC(C)CC)OC(=O)CCCCCCCCCCCC(C)C)OC(=O)CCCCCCCCCCCCCCCCCC(C)C. The van der Waals surface area contributed by atoms with Gasteiger partial charge in [-0.3, -0.25) is 37.3 Å². The van der Waals surface area contributed by atoms with Gasteiger partial charge in [-0.25, -0.2) is 9.13 Å². The molecular formula is C80H156O17P2. The molecule has 0 saturated heterocycles. The maximum absolute atomic E-state index is 13.1.